The molecular formula is C8H10N2O4. The Bertz CT molecular complexity index is 332. The number of hydrogen-bond acceptors (Lipinski definition) is 5. The average Bonchev–Trinajstić information content (AvgIpc) is 2.43. The fourth-order valence-electron chi connectivity index (χ4n) is 0.984. The van der Waals surface area contributed by atoms with Crippen molar-refractivity contribution in [1.29, 1.82) is 0 Å². The van der Waals surface area contributed by atoms with Crippen molar-refractivity contribution >= 4 is 23.4 Å². The summed E-state index contributed by atoms with van der Waals surface area (Å²) >= 11 is 0. The van der Waals surface area contributed by atoms with E-state index in [-0.39, 0.29) is 6.04 Å². The predicted octanol–water partition coefficient (Wildman–Crippen LogP) is -0.665. The van der Waals surface area contributed by atoms with Gasteiger partial charge in [-0.25, -0.2) is 9.80 Å². The van der Waals surface area contributed by atoms with Crippen LogP contribution in [0.25, 0.3) is 0 Å². The highest BCUT2D eigenvalue weighted by Crippen LogP contribution is 2.09. The fourth-order valence-corrected chi connectivity index (χ4v) is 0.984. The van der Waals surface area contributed by atoms with Crippen molar-refractivity contribution in [1.82, 2.24) is 5.01 Å². The number of hydrogen-bond donors (Lipinski definition) is 0. The number of amides is 1. The average molecular weight is 198 g/mol. The fraction of sp³-hybridized carbons (Fsp3) is 0.500. The Morgan fingerprint density at radius 3 is 2.36 bits per heavy atom. The minimum atomic E-state index is -0.912. The lowest BCUT2D eigenvalue weighted by molar-refractivity contribution is -0.141. The van der Waals surface area contributed by atoms with Gasteiger partial charge in [0.1, 0.15) is 0 Å². The predicted molar refractivity (Wildman–Crippen MR) is 46.4 cm³/mol. The number of carbonyl (C=O) groups excluding carboxylic acids is 3. The lowest BCUT2D eigenvalue weighted by atomic mass is 10.2. The van der Waals surface area contributed by atoms with Gasteiger partial charge in [-0.1, -0.05) is 0 Å². The van der Waals surface area contributed by atoms with E-state index in [1.807, 2.05) is 0 Å². The first-order valence-electron chi connectivity index (χ1n) is 4.03. The number of methoxy groups -OCH3 is 1. The maximum Gasteiger partial charge on any atom is 0.362 e. The van der Waals surface area contributed by atoms with Gasteiger partial charge in [0.05, 0.1) is 13.2 Å². The number of esters is 1. The number of ketones is 1. The zero-order valence-electron chi connectivity index (χ0n) is 8.10. The van der Waals surface area contributed by atoms with E-state index in [9.17, 15) is 14.4 Å². The van der Waals surface area contributed by atoms with Crippen LogP contribution in [0.5, 0.6) is 0 Å². The van der Waals surface area contributed by atoms with E-state index in [0.717, 1.165) is 12.1 Å². The van der Waals surface area contributed by atoms with Crippen LogP contribution in [0.1, 0.15) is 13.8 Å². The molecule has 0 N–H and O–H groups in total. The second-order valence-electron chi connectivity index (χ2n) is 3.01. The van der Waals surface area contributed by atoms with Crippen LogP contribution >= 0.6 is 0 Å². The maximum atomic E-state index is 11.2. The van der Waals surface area contributed by atoms with E-state index in [0.29, 0.717) is 0 Å². The second-order valence-corrected chi connectivity index (χ2v) is 3.01. The third-order valence-corrected chi connectivity index (χ3v) is 1.69. The first-order chi connectivity index (χ1) is 6.49. The summed E-state index contributed by atoms with van der Waals surface area (Å²) < 4.78 is 4.31. The summed E-state index contributed by atoms with van der Waals surface area (Å²) in [6.07, 6.45) is 0. The Kier molecular flexibility index (Phi) is 2.64. The molecule has 0 saturated heterocycles. The van der Waals surface area contributed by atoms with Gasteiger partial charge in [-0.05, 0) is 13.8 Å². The largest absolute Gasteiger partial charge is 0.464 e. The molecule has 0 radical (unpaired) electrons. The van der Waals surface area contributed by atoms with Gasteiger partial charge >= 0.3 is 11.9 Å². The zero-order valence-corrected chi connectivity index (χ0v) is 8.10. The Morgan fingerprint density at radius 1 is 1.43 bits per heavy atom. The van der Waals surface area contributed by atoms with Crippen molar-refractivity contribution in [2.45, 2.75) is 19.9 Å². The van der Waals surface area contributed by atoms with Crippen LogP contribution in [-0.4, -0.2) is 41.5 Å². The van der Waals surface area contributed by atoms with Gasteiger partial charge in [-0.15, -0.1) is 0 Å². The van der Waals surface area contributed by atoms with Gasteiger partial charge in [0.25, 0.3) is 5.78 Å². The first-order valence-corrected chi connectivity index (χ1v) is 4.03. The third kappa shape index (κ3) is 1.50. The van der Waals surface area contributed by atoms with Crippen LogP contribution in [0, 0.1) is 0 Å². The molecular weight excluding hydrogens is 188 g/mol. The van der Waals surface area contributed by atoms with Crippen molar-refractivity contribution in [3.8, 4) is 0 Å². The lowest BCUT2D eigenvalue weighted by Gasteiger charge is -2.13. The van der Waals surface area contributed by atoms with E-state index in [4.69, 9.17) is 0 Å². The summed E-state index contributed by atoms with van der Waals surface area (Å²) in [7, 11) is 1.13. The van der Waals surface area contributed by atoms with Gasteiger partial charge in [-0.2, -0.15) is 5.10 Å². The summed E-state index contributed by atoms with van der Waals surface area (Å²) in [5, 5.41) is 4.56. The molecule has 76 valence electrons. The van der Waals surface area contributed by atoms with Crippen LogP contribution in [0.2, 0.25) is 0 Å². The number of nitrogens with zero attached hydrogens (tertiary/aromatic N) is 2. The molecule has 14 heavy (non-hydrogen) atoms. The molecule has 0 aromatic rings. The summed E-state index contributed by atoms with van der Waals surface area (Å²) in [6, 6.07) is -0.256. The normalized spacial score (nSPS) is 16.3. The molecule has 1 aliphatic heterocycles. The Hall–Kier alpha value is -1.72. The first kappa shape index (κ1) is 10.4. The topological polar surface area (TPSA) is 76.0 Å². The standard InChI is InChI=1S/C8H10N2O4/c1-4(2)10-7(12)6(11)5(9-10)8(13)14-3/h4H,1-3H3. The molecule has 0 spiro atoms. The Morgan fingerprint density at radius 2 is 2.00 bits per heavy atom. The zero-order chi connectivity index (χ0) is 10.9. The van der Waals surface area contributed by atoms with E-state index >= 15 is 0 Å². The molecule has 0 aliphatic carbocycles. The van der Waals surface area contributed by atoms with Gasteiger partial charge < -0.3 is 4.74 Å². The Labute approximate surface area is 80.5 Å². The minimum absolute atomic E-state index is 0.256. The van der Waals surface area contributed by atoms with E-state index in [1.165, 1.54) is 0 Å². The van der Waals surface area contributed by atoms with Crippen molar-refractivity contribution < 1.29 is 19.1 Å². The van der Waals surface area contributed by atoms with Gasteiger partial charge in [0, 0.05) is 0 Å². The maximum absolute atomic E-state index is 11.2. The highest BCUT2D eigenvalue weighted by Gasteiger charge is 2.39. The summed E-state index contributed by atoms with van der Waals surface area (Å²) in [5.74, 6) is -2.59. The van der Waals surface area contributed by atoms with Crippen molar-refractivity contribution in [3.05, 3.63) is 0 Å². The molecule has 0 aromatic carbocycles. The van der Waals surface area contributed by atoms with Crippen LogP contribution in [0.15, 0.2) is 5.10 Å². The van der Waals surface area contributed by atoms with Gasteiger partial charge in [-0.3, -0.25) is 9.59 Å². The SMILES string of the molecule is COC(=O)C1=NN(C(C)C)C(=O)C1=O. The molecule has 6 nitrogen and oxygen atoms in total. The summed E-state index contributed by atoms with van der Waals surface area (Å²) in [6.45, 7) is 3.38. The van der Waals surface area contributed by atoms with Crippen LogP contribution in [-0.2, 0) is 19.1 Å². The lowest BCUT2D eigenvalue weighted by Crippen LogP contribution is -2.33. The molecule has 0 fully saturated rings. The minimum Gasteiger partial charge on any atom is -0.464 e. The molecule has 6 heteroatoms. The monoisotopic (exact) mass is 198 g/mol. The van der Waals surface area contributed by atoms with E-state index in [1.54, 1.807) is 13.8 Å². The molecule has 1 aliphatic rings. The van der Waals surface area contributed by atoms with E-state index < -0.39 is 23.4 Å². The molecule has 0 aromatic heterocycles. The molecule has 0 bridgehead atoms. The number of Topliss-reactive ketones (excluding diaryl/α,β-unsaturated/α-hetero) is 1. The highest BCUT2D eigenvalue weighted by atomic mass is 16.5. The quantitative estimate of drug-likeness (QED) is 0.435. The molecule has 1 heterocycles. The molecule has 0 atom stereocenters. The molecule has 1 rings (SSSR count). The molecule has 0 saturated carbocycles. The van der Waals surface area contributed by atoms with Crippen molar-refractivity contribution in [2.24, 2.45) is 5.10 Å². The summed E-state index contributed by atoms with van der Waals surface area (Å²) in [5.41, 5.74) is -0.453. The Balaban J connectivity index is 2.99. The highest BCUT2D eigenvalue weighted by molar-refractivity contribution is 6.80. The van der Waals surface area contributed by atoms with Gasteiger partial charge in [0.15, 0.2) is 0 Å². The van der Waals surface area contributed by atoms with Crippen molar-refractivity contribution in [2.75, 3.05) is 7.11 Å². The number of rotatable bonds is 2. The molecule has 0 unspecified atom stereocenters. The van der Waals surface area contributed by atoms with Crippen molar-refractivity contribution in [3.63, 3.8) is 0 Å². The van der Waals surface area contributed by atoms with Crippen LogP contribution in [0.4, 0.5) is 0 Å². The number of hydrazone groups is 1. The molecule has 1 amide bonds. The van der Waals surface area contributed by atoms with Crippen LogP contribution in [0.3, 0.4) is 0 Å². The summed E-state index contributed by atoms with van der Waals surface area (Å²) in [4.78, 5) is 33.4. The van der Waals surface area contributed by atoms with E-state index in [2.05, 4.69) is 9.84 Å². The second kappa shape index (κ2) is 3.57. The smallest absolute Gasteiger partial charge is 0.362 e. The van der Waals surface area contributed by atoms with Gasteiger partial charge in [0.2, 0.25) is 5.71 Å². The third-order valence-electron chi connectivity index (χ3n) is 1.69. The van der Waals surface area contributed by atoms with Crippen LogP contribution < -0.4 is 0 Å². The number of ether oxygens (including phenoxy) is 1. The number of carbonyl (C=O) groups is 3.